The highest BCUT2D eigenvalue weighted by Crippen LogP contribution is 2.25. The predicted octanol–water partition coefficient (Wildman–Crippen LogP) is 2.78. The van der Waals surface area contributed by atoms with E-state index in [9.17, 15) is 14.4 Å². The number of nitrogens with zero attached hydrogens (tertiary/aromatic N) is 3. The summed E-state index contributed by atoms with van der Waals surface area (Å²) in [4.78, 5) is 45.0. The molecule has 1 unspecified atom stereocenters. The molecule has 8 heteroatoms. The standard InChI is InChI=1S/C24H22N4O4/c29-22(26-32)20-10-8-18(9-11-20)15-28-23(30)21(13-17-5-2-1-3-6-17)27(24(28)31)16-19-7-4-12-25-14-19/h1-12,14,21,32H,13,15-16H2,(H,26,29). The number of aromatic nitrogens is 1. The number of pyridine rings is 1. The van der Waals surface area contributed by atoms with Crippen molar-refractivity contribution in [1.29, 1.82) is 0 Å². The summed E-state index contributed by atoms with van der Waals surface area (Å²) in [5, 5.41) is 8.75. The van der Waals surface area contributed by atoms with Gasteiger partial charge in [-0.3, -0.25) is 24.7 Å². The highest BCUT2D eigenvalue weighted by molar-refractivity contribution is 6.04. The lowest BCUT2D eigenvalue weighted by Crippen LogP contribution is -2.36. The van der Waals surface area contributed by atoms with Crippen LogP contribution in [0.2, 0.25) is 0 Å². The van der Waals surface area contributed by atoms with Crippen LogP contribution in [0, 0.1) is 0 Å². The maximum Gasteiger partial charge on any atom is 0.328 e. The van der Waals surface area contributed by atoms with E-state index >= 15 is 0 Å². The third kappa shape index (κ3) is 4.50. The van der Waals surface area contributed by atoms with Crippen molar-refractivity contribution in [3.63, 3.8) is 0 Å². The van der Waals surface area contributed by atoms with Gasteiger partial charge in [0.2, 0.25) is 0 Å². The molecule has 1 fully saturated rings. The van der Waals surface area contributed by atoms with Crippen LogP contribution in [0.5, 0.6) is 0 Å². The lowest BCUT2D eigenvalue weighted by Gasteiger charge is -2.22. The summed E-state index contributed by atoms with van der Waals surface area (Å²) in [7, 11) is 0. The van der Waals surface area contributed by atoms with Gasteiger partial charge in [-0.2, -0.15) is 0 Å². The number of hydroxylamine groups is 1. The highest BCUT2D eigenvalue weighted by atomic mass is 16.5. The fraction of sp³-hybridized carbons (Fsp3) is 0.167. The minimum Gasteiger partial charge on any atom is -0.307 e. The number of urea groups is 1. The first kappa shape index (κ1) is 21.2. The van der Waals surface area contributed by atoms with E-state index in [1.807, 2.05) is 36.4 Å². The second kappa shape index (κ2) is 9.40. The third-order valence-electron chi connectivity index (χ3n) is 5.41. The average molecular weight is 430 g/mol. The van der Waals surface area contributed by atoms with Crippen LogP contribution in [0.4, 0.5) is 4.79 Å². The van der Waals surface area contributed by atoms with Crippen LogP contribution in [0.15, 0.2) is 79.1 Å². The lowest BCUT2D eigenvalue weighted by molar-refractivity contribution is -0.128. The second-order valence-corrected chi connectivity index (χ2v) is 7.54. The number of nitrogens with one attached hydrogen (secondary N) is 1. The van der Waals surface area contributed by atoms with Crippen molar-refractivity contribution in [3.8, 4) is 0 Å². The van der Waals surface area contributed by atoms with Crippen molar-refractivity contribution in [2.45, 2.75) is 25.6 Å². The molecule has 2 heterocycles. The summed E-state index contributed by atoms with van der Waals surface area (Å²) in [5.41, 5.74) is 4.36. The maximum atomic E-state index is 13.3. The number of benzene rings is 2. The normalized spacial score (nSPS) is 15.8. The van der Waals surface area contributed by atoms with Crippen molar-refractivity contribution < 1.29 is 19.6 Å². The predicted molar refractivity (Wildman–Crippen MR) is 115 cm³/mol. The summed E-state index contributed by atoms with van der Waals surface area (Å²) >= 11 is 0. The zero-order chi connectivity index (χ0) is 22.5. The molecule has 0 radical (unpaired) electrons. The van der Waals surface area contributed by atoms with Gasteiger partial charge in [-0.1, -0.05) is 48.5 Å². The van der Waals surface area contributed by atoms with Crippen molar-refractivity contribution in [2.75, 3.05) is 0 Å². The molecule has 3 aromatic rings. The first-order valence-corrected chi connectivity index (χ1v) is 10.1. The maximum absolute atomic E-state index is 13.3. The van der Waals surface area contributed by atoms with Crippen LogP contribution < -0.4 is 5.48 Å². The average Bonchev–Trinajstić information content (AvgIpc) is 3.04. The van der Waals surface area contributed by atoms with E-state index in [4.69, 9.17) is 5.21 Å². The molecule has 0 spiro atoms. The molecule has 4 rings (SSSR count). The molecular formula is C24H22N4O4. The number of carbonyl (C=O) groups is 3. The fourth-order valence-electron chi connectivity index (χ4n) is 3.75. The van der Waals surface area contributed by atoms with Crippen molar-refractivity contribution in [2.24, 2.45) is 0 Å². The molecule has 4 amide bonds. The lowest BCUT2D eigenvalue weighted by atomic mass is 10.0. The minimum atomic E-state index is -0.629. The Balaban J connectivity index is 1.58. The van der Waals surface area contributed by atoms with Gasteiger partial charge in [0.25, 0.3) is 11.8 Å². The quantitative estimate of drug-likeness (QED) is 0.341. The van der Waals surface area contributed by atoms with Crippen LogP contribution in [-0.4, -0.2) is 43.9 Å². The van der Waals surface area contributed by atoms with E-state index < -0.39 is 11.9 Å². The molecule has 1 aliphatic heterocycles. The van der Waals surface area contributed by atoms with Crippen molar-refractivity contribution >= 4 is 17.8 Å². The number of amides is 4. The van der Waals surface area contributed by atoms with Gasteiger partial charge in [0.15, 0.2) is 0 Å². The first-order valence-electron chi connectivity index (χ1n) is 10.1. The molecule has 1 aliphatic rings. The van der Waals surface area contributed by atoms with Crippen LogP contribution in [0.25, 0.3) is 0 Å². The van der Waals surface area contributed by atoms with Crippen molar-refractivity contribution in [3.05, 3.63) is 101 Å². The first-order chi connectivity index (χ1) is 15.6. The van der Waals surface area contributed by atoms with Crippen LogP contribution in [-0.2, 0) is 24.3 Å². The Morgan fingerprint density at radius 1 is 0.906 bits per heavy atom. The molecule has 0 aliphatic carbocycles. The summed E-state index contributed by atoms with van der Waals surface area (Å²) in [6.45, 7) is 0.371. The smallest absolute Gasteiger partial charge is 0.307 e. The summed E-state index contributed by atoms with van der Waals surface area (Å²) in [6.07, 6.45) is 3.76. The Labute approximate surface area is 185 Å². The van der Waals surface area contributed by atoms with E-state index in [0.29, 0.717) is 12.0 Å². The molecule has 2 N–H and O–H groups in total. The molecule has 0 saturated carbocycles. The number of hydrogen-bond donors (Lipinski definition) is 2. The fourth-order valence-corrected chi connectivity index (χ4v) is 3.75. The highest BCUT2D eigenvalue weighted by Gasteiger charge is 2.44. The van der Waals surface area contributed by atoms with Gasteiger partial charge in [0.05, 0.1) is 6.54 Å². The van der Waals surface area contributed by atoms with Gasteiger partial charge < -0.3 is 4.90 Å². The van der Waals surface area contributed by atoms with E-state index in [1.165, 1.54) is 17.0 Å². The third-order valence-corrected chi connectivity index (χ3v) is 5.41. The van der Waals surface area contributed by atoms with Gasteiger partial charge in [0.1, 0.15) is 6.04 Å². The van der Waals surface area contributed by atoms with Crippen LogP contribution >= 0.6 is 0 Å². The topological polar surface area (TPSA) is 103 Å². The summed E-state index contributed by atoms with van der Waals surface area (Å²) in [5.74, 6) is -0.893. The van der Waals surface area contributed by atoms with E-state index in [1.54, 1.807) is 41.0 Å². The zero-order valence-electron chi connectivity index (χ0n) is 17.2. The molecule has 0 bridgehead atoms. The van der Waals surface area contributed by atoms with Gasteiger partial charge in [-0.15, -0.1) is 0 Å². The summed E-state index contributed by atoms with van der Waals surface area (Å²) in [6, 6.07) is 18.6. The zero-order valence-corrected chi connectivity index (χ0v) is 17.2. The number of imide groups is 1. The molecule has 1 saturated heterocycles. The van der Waals surface area contributed by atoms with Gasteiger partial charge in [0, 0.05) is 30.9 Å². The number of carbonyl (C=O) groups excluding carboxylic acids is 3. The van der Waals surface area contributed by atoms with Gasteiger partial charge >= 0.3 is 6.03 Å². The molecule has 1 aromatic heterocycles. The van der Waals surface area contributed by atoms with Gasteiger partial charge in [-0.25, -0.2) is 10.3 Å². The van der Waals surface area contributed by atoms with Crippen LogP contribution in [0.1, 0.15) is 27.0 Å². The number of hydrogen-bond acceptors (Lipinski definition) is 5. The minimum absolute atomic E-state index is 0.0908. The van der Waals surface area contributed by atoms with Crippen LogP contribution in [0.3, 0.4) is 0 Å². The monoisotopic (exact) mass is 430 g/mol. The molecule has 1 atom stereocenters. The van der Waals surface area contributed by atoms with E-state index in [-0.39, 0.29) is 30.6 Å². The Kier molecular flexibility index (Phi) is 6.23. The Hall–Kier alpha value is -4.04. The molecule has 32 heavy (non-hydrogen) atoms. The molecule has 8 nitrogen and oxygen atoms in total. The SMILES string of the molecule is O=C(NO)c1ccc(CN2C(=O)C(Cc3ccccc3)N(Cc3cccnc3)C2=O)cc1. The molecule has 2 aromatic carbocycles. The Bertz CT molecular complexity index is 1040. The largest absolute Gasteiger partial charge is 0.328 e. The van der Waals surface area contributed by atoms with E-state index in [0.717, 1.165) is 11.1 Å². The van der Waals surface area contributed by atoms with Gasteiger partial charge in [-0.05, 0) is 34.9 Å². The van der Waals surface area contributed by atoms with E-state index in [2.05, 4.69) is 4.98 Å². The molecular weight excluding hydrogens is 408 g/mol. The Morgan fingerprint density at radius 2 is 1.62 bits per heavy atom. The second-order valence-electron chi connectivity index (χ2n) is 7.54. The molecule has 162 valence electrons. The van der Waals surface area contributed by atoms with Crippen molar-refractivity contribution in [1.82, 2.24) is 20.3 Å². The number of rotatable bonds is 7. The summed E-state index contributed by atoms with van der Waals surface area (Å²) < 4.78 is 0. The Morgan fingerprint density at radius 3 is 2.28 bits per heavy atom.